The van der Waals surface area contributed by atoms with Gasteiger partial charge >= 0.3 is 0 Å². The first-order valence-electron chi connectivity index (χ1n) is 5.09. The Labute approximate surface area is 87.7 Å². The summed E-state index contributed by atoms with van der Waals surface area (Å²) in [6.45, 7) is 0. The van der Waals surface area contributed by atoms with E-state index in [-0.39, 0.29) is 6.04 Å². The summed E-state index contributed by atoms with van der Waals surface area (Å²) in [6, 6.07) is 4.04. The van der Waals surface area contributed by atoms with Crippen LogP contribution in [0.3, 0.4) is 0 Å². The second-order valence-corrected chi connectivity index (χ2v) is 3.83. The summed E-state index contributed by atoms with van der Waals surface area (Å²) in [7, 11) is 0. The lowest BCUT2D eigenvalue weighted by Crippen LogP contribution is -2.05. The van der Waals surface area contributed by atoms with E-state index in [4.69, 9.17) is 5.73 Å². The molecule has 0 aliphatic heterocycles. The largest absolute Gasteiger partial charge is 0.324 e. The van der Waals surface area contributed by atoms with Crippen LogP contribution in [0.1, 0.15) is 23.7 Å². The average Bonchev–Trinajstić information content (AvgIpc) is 2.83. The summed E-state index contributed by atoms with van der Waals surface area (Å²) in [4.78, 5) is 3.98. The van der Waals surface area contributed by atoms with Gasteiger partial charge in [-0.25, -0.2) is 4.68 Å². The third kappa shape index (κ3) is 1.34. The minimum atomic E-state index is 0.163. The van der Waals surface area contributed by atoms with Crippen molar-refractivity contribution < 1.29 is 0 Å². The van der Waals surface area contributed by atoms with Crippen molar-refractivity contribution in [1.82, 2.24) is 14.8 Å². The van der Waals surface area contributed by atoms with Gasteiger partial charge in [0.1, 0.15) is 0 Å². The molecule has 2 N–H and O–H groups in total. The molecule has 76 valence electrons. The van der Waals surface area contributed by atoms with Crippen LogP contribution < -0.4 is 5.73 Å². The lowest BCUT2D eigenvalue weighted by molar-refractivity contribution is 0.692. The molecule has 0 saturated heterocycles. The summed E-state index contributed by atoms with van der Waals surface area (Å²) in [5, 5.41) is 4.52. The molecule has 2 heterocycles. The molecular weight excluding hydrogens is 188 g/mol. The molecule has 0 unspecified atom stereocenters. The Morgan fingerprint density at radius 2 is 2.13 bits per heavy atom. The number of rotatable bonds is 1. The zero-order valence-corrected chi connectivity index (χ0v) is 8.30. The lowest BCUT2D eigenvalue weighted by Gasteiger charge is -2.02. The monoisotopic (exact) mass is 200 g/mol. The third-order valence-corrected chi connectivity index (χ3v) is 2.84. The molecule has 0 saturated carbocycles. The van der Waals surface area contributed by atoms with Crippen molar-refractivity contribution in [2.24, 2.45) is 5.73 Å². The van der Waals surface area contributed by atoms with Crippen LogP contribution in [0.4, 0.5) is 0 Å². The molecule has 0 fully saturated rings. The first-order valence-corrected chi connectivity index (χ1v) is 5.09. The summed E-state index contributed by atoms with van der Waals surface area (Å²) in [6.07, 6.45) is 7.58. The van der Waals surface area contributed by atoms with E-state index in [0.29, 0.717) is 0 Å². The molecule has 4 heteroatoms. The van der Waals surface area contributed by atoms with Crippen LogP contribution in [-0.4, -0.2) is 14.8 Å². The van der Waals surface area contributed by atoms with Gasteiger partial charge in [0.2, 0.25) is 0 Å². The van der Waals surface area contributed by atoms with Crippen LogP contribution in [0, 0.1) is 0 Å². The molecule has 0 spiro atoms. The fourth-order valence-corrected chi connectivity index (χ4v) is 2.00. The van der Waals surface area contributed by atoms with Crippen molar-refractivity contribution in [3.8, 4) is 5.69 Å². The van der Waals surface area contributed by atoms with E-state index in [2.05, 4.69) is 10.1 Å². The Balaban J connectivity index is 2.05. The molecule has 0 amide bonds. The highest BCUT2D eigenvalue weighted by Crippen LogP contribution is 2.28. The number of aromatic nitrogens is 3. The van der Waals surface area contributed by atoms with Crippen LogP contribution in [-0.2, 0) is 6.42 Å². The highest BCUT2D eigenvalue weighted by molar-refractivity contribution is 5.34. The lowest BCUT2D eigenvalue weighted by atomic mass is 10.2. The zero-order chi connectivity index (χ0) is 10.3. The van der Waals surface area contributed by atoms with Gasteiger partial charge in [-0.15, -0.1) is 0 Å². The average molecular weight is 200 g/mol. The Kier molecular flexibility index (Phi) is 1.82. The molecule has 1 atom stereocenters. The fourth-order valence-electron chi connectivity index (χ4n) is 2.00. The number of nitrogens with two attached hydrogens (primary N) is 1. The molecule has 1 aliphatic rings. The Morgan fingerprint density at radius 3 is 2.87 bits per heavy atom. The minimum Gasteiger partial charge on any atom is -0.324 e. The molecule has 3 rings (SSSR count). The van der Waals surface area contributed by atoms with Gasteiger partial charge in [0.05, 0.1) is 11.4 Å². The quantitative estimate of drug-likeness (QED) is 0.752. The smallest absolute Gasteiger partial charge is 0.0677 e. The Hall–Kier alpha value is -1.68. The van der Waals surface area contributed by atoms with Gasteiger partial charge in [-0.1, -0.05) is 0 Å². The van der Waals surface area contributed by atoms with Crippen molar-refractivity contribution in [3.05, 3.63) is 42.0 Å². The van der Waals surface area contributed by atoms with E-state index >= 15 is 0 Å². The van der Waals surface area contributed by atoms with E-state index in [1.54, 1.807) is 12.4 Å². The standard InChI is InChI=1S/C11H12N4/c12-10-1-2-11-9(10)7-15(14-11)8-3-5-13-6-4-8/h3-7,10H,1-2,12H2/t10-/m0/s1. The van der Waals surface area contributed by atoms with Crippen molar-refractivity contribution >= 4 is 0 Å². The van der Waals surface area contributed by atoms with Crippen molar-refractivity contribution in [2.75, 3.05) is 0 Å². The molecule has 2 aromatic rings. The molecular formula is C11H12N4. The van der Waals surface area contributed by atoms with Gasteiger partial charge < -0.3 is 5.73 Å². The summed E-state index contributed by atoms with van der Waals surface area (Å²) in [5.41, 5.74) is 9.33. The molecule has 1 aliphatic carbocycles. The topological polar surface area (TPSA) is 56.7 Å². The van der Waals surface area contributed by atoms with Gasteiger partial charge in [0.15, 0.2) is 0 Å². The normalized spacial score (nSPS) is 19.1. The first kappa shape index (κ1) is 8.61. The van der Waals surface area contributed by atoms with E-state index in [1.807, 2.05) is 23.0 Å². The molecule has 15 heavy (non-hydrogen) atoms. The van der Waals surface area contributed by atoms with Crippen molar-refractivity contribution in [1.29, 1.82) is 0 Å². The van der Waals surface area contributed by atoms with Gasteiger partial charge in [0, 0.05) is 30.2 Å². The summed E-state index contributed by atoms with van der Waals surface area (Å²) < 4.78 is 1.88. The molecule has 0 radical (unpaired) electrons. The third-order valence-electron chi connectivity index (χ3n) is 2.84. The van der Waals surface area contributed by atoms with E-state index < -0.39 is 0 Å². The fraction of sp³-hybridized carbons (Fsp3) is 0.273. The van der Waals surface area contributed by atoms with E-state index in [9.17, 15) is 0 Å². The van der Waals surface area contributed by atoms with Crippen LogP contribution in [0.25, 0.3) is 5.69 Å². The number of hydrogen-bond acceptors (Lipinski definition) is 3. The van der Waals surface area contributed by atoms with Crippen LogP contribution >= 0.6 is 0 Å². The molecule has 2 aromatic heterocycles. The van der Waals surface area contributed by atoms with E-state index in [0.717, 1.165) is 24.2 Å². The predicted molar refractivity (Wildman–Crippen MR) is 56.6 cm³/mol. The molecule has 4 nitrogen and oxygen atoms in total. The Morgan fingerprint density at radius 1 is 1.33 bits per heavy atom. The number of nitrogens with zero attached hydrogens (tertiary/aromatic N) is 3. The minimum absolute atomic E-state index is 0.163. The van der Waals surface area contributed by atoms with Crippen LogP contribution in [0.15, 0.2) is 30.7 Å². The molecule has 0 bridgehead atoms. The maximum atomic E-state index is 5.97. The van der Waals surface area contributed by atoms with Gasteiger partial charge in [-0.3, -0.25) is 4.98 Å². The highest BCUT2D eigenvalue weighted by atomic mass is 15.3. The second-order valence-electron chi connectivity index (χ2n) is 3.83. The first-order chi connectivity index (χ1) is 7.34. The highest BCUT2D eigenvalue weighted by Gasteiger charge is 2.22. The van der Waals surface area contributed by atoms with Crippen LogP contribution in [0.5, 0.6) is 0 Å². The second kappa shape index (κ2) is 3.17. The van der Waals surface area contributed by atoms with E-state index in [1.165, 1.54) is 5.56 Å². The van der Waals surface area contributed by atoms with Crippen molar-refractivity contribution in [3.63, 3.8) is 0 Å². The maximum absolute atomic E-state index is 5.97. The molecule has 0 aromatic carbocycles. The predicted octanol–water partition coefficient (Wildman–Crippen LogP) is 1.21. The van der Waals surface area contributed by atoms with Crippen molar-refractivity contribution in [2.45, 2.75) is 18.9 Å². The van der Waals surface area contributed by atoms with Gasteiger partial charge in [0.25, 0.3) is 0 Å². The number of pyridine rings is 1. The number of hydrogen-bond donors (Lipinski definition) is 1. The van der Waals surface area contributed by atoms with Gasteiger partial charge in [-0.05, 0) is 25.0 Å². The number of aryl methyl sites for hydroxylation is 1. The summed E-state index contributed by atoms with van der Waals surface area (Å²) >= 11 is 0. The Bertz CT molecular complexity index is 475. The summed E-state index contributed by atoms with van der Waals surface area (Å²) in [5.74, 6) is 0. The SMILES string of the molecule is N[C@H]1CCc2nn(-c3ccncc3)cc21. The number of fused-ring (bicyclic) bond motifs is 1. The van der Waals surface area contributed by atoms with Crippen LogP contribution in [0.2, 0.25) is 0 Å². The van der Waals surface area contributed by atoms with Gasteiger partial charge in [-0.2, -0.15) is 5.10 Å². The zero-order valence-electron chi connectivity index (χ0n) is 8.30. The maximum Gasteiger partial charge on any atom is 0.0677 e.